The molecular weight excluding hydrogens is 420 g/mol. The van der Waals surface area contributed by atoms with Gasteiger partial charge in [-0.15, -0.1) is 5.10 Å². The quantitative estimate of drug-likeness (QED) is 0.469. The lowest BCUT2D eigenvalue weighted by molar-refractivity contribution is 0.600. The van der Waals surface area contributed by atoms with Crippen LogP contribution in [0.15, 0.2) is 58.1 Å². The molecule has 0 aliphatic carbocycles. The van der Waals surface area contributed by atoms with Crippen molar-refractivity contribution in [3.8, 4) is 22.5 Å². The SMILES string of the molecule is CCCn1c2c(c(=O)n(C)c1=O)N(Cc1ccc(-c3ccccc3-c3nnn[nH]3)cc1)CN2. The summed E-state index contributed by atoms with van der Waals surface area (Å²) in [5.41, 5.74) is 4.01. The van der Waals surface area contributed by atoms with Gasteiger partial charge in [0.25, 0.3) is 5.56 Å². The van der Waals surface area contributed by atoms with Crippen LogP contribution >= 0.6 is 0 Å². The maximum absolute atomic E-state index is 12.9. The van der Waals surface area contributed by atoms with Gasteiger partial charge in [0.15, 0.2) is 5.82 Å². The predicted molar refractivity (Wildman–Crippen MR) is 126 cm³/mol. The number of anilines is 2. The second kappa shape index (κ2) is 8.38. The molecule has 0 bridgehead atoms. The molecule has 0 atom stereocenters. The van der Waals surface area contributed by atoms with Crippen LogP contribution in [0, 0.1) is 0 Å². The van der Waals surface area contributed by atoms with Crippen LogP contribution in [0.25, 0.3) is 22.5 Å². The molecule has 5 rings (SSSR count). The molecule has 0 unspecified atom stereocenters. The predicted octanol–water partition coefficient (Wildman–Crippen LogP) is 2.19. The Balaban J connectivity index is 1.44. The molecule has 10 heteroatoms. The molecule has 0 spiro atoms. The summed E-state index contributed by atoms with van der Waals surface area (Å²) in [4.78, 5) is 27.4. The normalized spacial score (nSPS) is 12.6. The molecule has 0 amide bonds. The van der Waals surface area contributed by atoms with Crippen molar-refractivity contribution in [1.29, 1.82) is 0 Å². The number of nitrogens with one attached hydrogen (secondary N) is 2. The van der Waals surface area contributed by atoms with Gasteiger partial charge in [-0.3, -0.25) is 13.9 Å². The fourth-order valence-corrected chi connectivity index (χ4v) is 4.26. The van der Waals surface area contributed by atoms with Crippen LogP contribution in [0.1, 0.15) is 18.9 Å². The topological polar surface area (TPSA) is 114 Å². The van der Waals surface area contributed by atoms with E-state index >= 15 is 0 Å². The maximum atomic E-state index is 12.9. The van der Waals surface area contributed by atoms with Crippen LogP contribution in [0.3, 0.4) is 0 Å². The van der Waals surface area contributed by atoms with Crippen LogP contribution in [-0.4, -0.2) is 36.4 Å². The third-order valence-electron chi connectivity index (χ3n) is 5.89. The Morgan fingerprint density at radius 2 is 1.79 bits per heavy atom. The van der Waals surface area contributed by atoms with Gasteiger partial charge in [-0.05, 0) is 33.5 Å². The summed E-state index contributed by atoms with van der Waals surface area (Å²) in [7, 11) is 1.53. The average molecular weight is 444 g/mol. The van der Waals surface area contributed by atoms with E-state index in [9.17, 15) is 9.59 Å². The highest BCUT2D eigenvalue weighted by Gasteiger charge is 2.27. The van der Waals surface area contributed by atoms with Gasteiger partial charge in [-0.1, -0.05) is 55.5 Å². The fourth-order valence-electron chi connectivity index (χ4n) is 4.26. The lowest BCUT2D eigenvalue weighted by Crippen LogP contribution is -2.40. The van der Waals surface area contributed by atoms with Crippen LogP contribution < -0.4 is 21.5 Å². The molecule has 0 radical (unpaired) electrons. The van der Waals surface area contributed by atoms with Crippen molar-refractivity contribution in [2.45, 2.75) is 26.4 Å². The summed E-state index contributed by atoms with van der Waals surface area (Å²) in [5, 5.41) is 17.5. The van der Waals surface area contributed by atoms with Gasteiger partial charge < -0.3 is 10.2 Å². The van der Waals surface area contributed by atoms with Gasteiger partial charge in [-0.25, -0.2) is 9.89 Å². The second-order valence-electron chi connectivity index (χ2n) is 8.02. The molecule has 1 aliphatic rings. The summed E-state index contributed by atoms with van der Waals surface area (Å²) >= 11 is 0. The van der Waals surface area contributed by atoms with Gasteiger partial charge in [0.2, 0.25) is 0 Å². The first-order chi connectivity index (χ1) is 16.1. The van der Waals surface area contributed by atoms with Crippen LogP contribution in [-0.2, 0) is 20.1 Å². The Labute approximate surface area is 189 Å². The van der Waals surface area contributed by atoms with Gasteiger partial charge in [0, 0.05) is 25.7 Å². The number of aromatic amines is 1. The molecule has 33 heavy (non-hydrogen) atoms. The largest absolute Gasteiger partial charge is 0.352 e. The Kier molecular flexibility index (Phi) is 5.25. The molecular formula is C23H24N8O2. The second-order valence-corrected chi connectivity index (χ2v) is 8.02. The van der Waals surface area contributed by atoms with Gasteiger partial charge in [0.1, 0.15) is 11.5 Å². The number of hydrogen-bond donors (Lipinski definition) is 2. The molecule has 2 N–H and O–H groups in total. The van der Waals surface area contributed by atoms with Crippen molar-refractivity contribution < 1.29 is 0 Å². The lowest BCUT2D eigenvalue weighted by atomic mass is 9.98. The zero-order valence-electron chi connectivity index (χ0n) is 18.4. The number of benzene rings is 2. The van der Waals surface area contributed by atoms with E-state index in [0.717, 1.165) is 28.7 Å². The summed E-state index contributed by atoms with van der Waals surface area (Å²) in [5.74, 6) is 1.22. The number of rotatable bonds is 6. The summed E-state index contributed by atoms with van der Waals surface area (Å²) < 4.78 is 2.84. The zero-order chi connectivity index (χ0) is 22.9. The first-order valence-electron chi connectivity index (χ1n) is 10.8. The third-order valence-corrected chi connectivity index (χ3v) is 5.89. The number of nitrogens with zero attached hydrogens (tertiary/aromatic N) is 6. The van der Waals surface area contributed by atoms with E-state index in [-0.39, 0.29) is 11.2 Å². The summed E-state index contributed by atoms with van der Waals surface area (Å²) in [6.45, 7) is 3.59. The summed E-state index contributed by atoms with van der Waals surface area (Å²) in [6, 6.07) is 16.1. The van der Waals surface area contributed by atoms with E-state index in [1.54, 1.807) is 4.57 Å². The van der Waals surface area contributed by atoms with E-state index in [2.05, 4.69) is 50.2 Å². The van der Waals surface area contributed by atoms with E-state index in [0.29, 0.717) is 37.1 Å². The van der Waals surface area contributed by atoms with Gasteiger partial charge in [0.05, 0.1) is 6.67 Å². The summed E-state index contributed by atoms with van der Waals surface area (Å²) in [6.07, 6.45) is 0.805. The fraction of sp³-hybridized carbons (Fsp3) is 0.261. The highest BCUT2D eigenvalue weighted by Crippen LogP contribution is 2.31. The minimum Gasteiger partial charge on any atom is -0.352 e. The van der Waals surface area contributed by atoms with E-state index in [1.165, 1.54) is 11.6 Å². The first-order valence-corrected chi connectivity index (χ1v) is 10.8. The molecule has 168 valence electrons. The van der Waals surface area contributed by atoms with Gasteiger partial charge >= 0.3 is 5.69 Å². The minimum atomic E-state index is -0.292. The molecule has 3 heterocycles. The highest BCUT2D eigenvalue weighted by molar-refractivity contribution is 5.80. The smallest absolute Gasteiger partial charge is 0.332 e. The first kappa shape index (κ1) is 20.7. The monoisotopic (exact) mass is 444 g/mol. The lowest BCUT2D eigenvalue weighted by Gasteiger charge is -2.19. The Morgan fingerprint density at radius 1 is 1.03 bits per heavy atom. The van der Waals surface area contributed by atoms with Gasteiger partial charge in [-0.2, -0.15) is 0 Å². The van der Waals surface area contributed by atoms with Crippen molar-refractivity contribution in [3.05, 3.63) is 74.9 Å². The van der Waals surface area contributed by atoms with Crippen molar-refractivity contribution >= 4 is 11.5 Å². The van der Waals surface area contributed by atoms with Crippen molar-refractivity contribution in [2.24, 2.45) is 7.05 Å². The Bertz CT molecular complexity index is 1400. The number of hydrogen-bond acceptors (Lipinski definition) is 7. The van der Waals surface area contributed by atoms with Crippen LogP contribution in [0.2, 0.25) is 0 Å². The molecule has 1 aliphatic heterocycles. The number of tetrazole rings is 1. The third kappa shape index (κ3) is 3.59. The number of fused-ring (bicyclic) bond motifs is 1. The molecule has 2 aromatic heterocycles. The Morgan fingerprint density at radius 3 is 2.48 bits per heavy atom. The number of aromatic nitrogens is 6. The van der Waals surface area contributed by atoms with E-state index in [1.807, 2.05) is 36.1 Å². The molecule has 0 saturated heterocycles. The highest BCUT2D eigenvalue weighted by atomic mass is 16.2. The molecule has 4 aromatic rings. The van der Waals surface area contributed by atoms with Crippen molar-refractivity contribution in [2.75, 3.05) is 16.9 Å². The van der Waals surface area contributed by atoms with Crippen molar-refractivity contribution in [1.82, 2.24) is 29.8 Å². The molecule has 0 fully saturated rings. The standard InChI is InChI=1S/C23H24N8O2/c1-3-12-31-21-19(22(32)29(2)23(31)33)30(14-24-21)13-15-8-10-16(11-9-15)17-6-4-5-7-18(17)20-25-27-28-26-20/h4-11,24H,3,12-14H2,1-2H3,(H,25,26,27,28). The Hall–Kier alpha value is -4.21. The van der Waals surface area contributed by atoms with Crippen LogP contribution in [0.5, 0.6) is 0 Å². The molecule has 10 nitrogen and oxygen atoms in total. The van der Waals surface area contributed by atoms with E-state index in [4.69, 9.17) is 0 Å². The van der Waals surface area contributed by atoms with Crippen LogP contribution in [0.4, 0.5) is 11.5 Å². The molecule has 0 saturated carbocycles. The number of H-pyrrole nitrogens is 1. The molecule has 2 aromatic carbocycles. The minimum absolute atomic E-state index is 0.279. The maximum Gasteiger partial charge on any atom is 0.332 e. The van der Waals surface area contributed by atoms with Crippen molar-refractivity contribution in [3.63, 3.8) is 0 Å². The average Bonchev–Trinajstić information content (AvgIpc) is 3.52. The zero-order valence-corrected chi connectivity index (χ0v) is 18.4. The van der Waals surface area contributed by atoms with E-state index < -0.39 is 0 Å².